The van der Waals surface area contributed by atoms with Crippen molar-refractivity contribution in [1.29, 1.82) is 0 Å². The Bertz CT molecular complexity index is 567. The standard InChI is InChI=1S/C13H17NO4.C5H12N2O2/c15-12(16)8-9-14-11(13(17)18)7-6-10-4-2-1-3-5-10;6-3-1-2-4(7)5(8)9/h1-5,11,14H,6-9H2,(H,15,16)(H,17,18);4H,1-3,6-7H2,(H,8,9)/t11-;4-/m10/s1. The molecular weight excluding hydrogens is 354 g/mol. The van der Waals surface area contributed by atoms with Gasteiger partial charge in [0.25, 0.3) is 0 Å². The molecule has 1 rings (SSSR count). The summed E-state index contributed by atoms with van der Waals surface area (Å²) in [5.74, 6) is -2.84. The van der Waals surface area contributed by atoms with Crippen molar-refractivity contribution in [2.75, 3.05) is 13.1 Å². The average Bonchev–Trinajstić information content (AvgIpc) is 2.63. The van der Waals surface area contributed by atoms with E-state index in [9.17, 15) is 14.4 Å². The van der Waals surface area contributed by atoms with E-state index in [1.807, 2.05) is 30.3 Å². The quantitative estimate of drug-likeness (QED) is 0.296. The topological polar surface area (TPSA) is 176 Å². The van der Waals surface area contributed by atoms with Crippen molar-refractivity contribution in [3.05, 3.63) is 35.9 Å². The van der Waals surface area contributed by atoms with E-state index in [1.54, 1.807) is 0 Å². The molecule has 0 aliphatic carbocycles. The van der Waals surface area contributed by atoms with Crippen LogP contribution in [-0.4, -0.2) is 58.4 Å². The lowest BCUT2D eigenvalue weighted by Crippen LogP contribution is -2.38. The first kappa shape index (κ1) is 24.5. The molecule has 0 heterocycles. The van der Waals surface area contributed by atoms with E-state index in [2.05, 4.69) is 5.32 Å². The molecule has 0 bridgehead atoms. The molecule has 9 nitrogen and oxygen atoms in total. The Morgan fingerprint density at radius 1 is 1.00 bits per heavy atom. The summed E-state index contributed by atoms with van der Waals surface area (Å²) >= 11 is 0. The molecule has 0 spiro atoms. The zero-order chi connectivity index (χ0) is 20.7. The molecule has 27 heavy (non-hydrogen) atoms. The molecule has 0 radical (unpaired) electrons. The third-order valence-electron chi connectivity index (χ3n) is 3.63. The van der Waals surface area contributed by atoms with Crippen molar-refractivity contribution in [1.82, 2.24) is 5.32 Å². The van der Waals surface area contributed by atoms with Gasteiger partial charge in [-0.05, 0) is 37.8 Å². The maximum absolute atomic E-state index is 11.0. The van der Waals surface area contributed by atoms with Crippen LogP contribution in [0.1, 0.15) is 31.2 Å². The second-order valence-electron chi connectivity index (χ2n) is 5.89. The van der Waals surface area contributed by atoms with Gasteiger partial charge in [-0.25, -0.2) is 0 Å². The van der Waals surface area contributed by atoms with Crippen LogP contribution < -0.4 is 16.8 Å². The van der Waals surface area contributed by atoms with Crippen LogP contribution in [0.5, 0.6) is 0 Å². The number of hydrogen-bond donors (Lipinski definition) is 6. The zero-order valence-electron chi connectivity index (χ0n) is 15.2. The van der Waals surface area contributed by atoms with Crippen molar-refractivity contribution in [3.8, 4) is 0 Å². The number of hydrogen-bond acceptors (Lipinski definition) is 6. The van der Waals surface area contributed by atoms with Crippen LogP contribution in [0.4, 0.5) is 0 Å². The van der Waals surface area contributed by atoms with E-state index in [1.165, 1.54) is 0 Å². The molecule has 2 atom stereocenters. The first-order valence-electron chi connectivity index (χ1n) is 8.68. The smallest absolute Gasteiger partial charge is 0.320 e. The Hall–Kier alpha value is -2.49. The summed E-state index contributed by atoms with van der Waals surface area (Å²) in [6.07, 6.45) is 2.16. The molecule has 0 fully saturated rings. The highest BCUT2D eigenvalue weighted by Crippen LogP contribution is 2.05. The number of carboxylic acid groups (broad SMARTS) is 3. The van der Waals surface area contributed by atoms with E-state index >= 15 is 0 Å². The minimum absolute atomic E-state index is 0.0743. The number of nitrogens with one attached hydrogen (secondary N) is 1. The van der Waals surface area contributed by atoms with E-state index in [-0.39, 0.29) is 13.0 Å². The van der Waals surface area contributed by atoms with Crippen molar-refractivity contribution in [3.63, 3.8) is 0 Å². The predicted molar refractivity (Wildman–Crippen MR) is 100 cm³/mol. The van der Waals surface area contributed by atoms with Crippen LogP contribution in [0.15, 0.2) is 30.3 Å². The molecular formula is C18H29N3O6. The molecule has 1 aromatic carbocycles. The van der Waals surface area contributed by atoms with Gasteiger partial charge in [-0.3, -0.25) is 14.4 Å². The number of aliphatic carboxylic acids is 3. The largest absolute Gasteiger partial charge is 0.481 e. The molecule has 0 saturated heterocycles. The van der Waals surface area contributed by atoms with Gasteiger partial charge in [-0.2, -0.15) is 0 Å². The van der Waals surface area contributed by atoms with Gasteiger partial charge in [-0.1, -0.05) is 30.3 Å². The third-order valence-corrected chi connectivity index (χ3v) is 3.63. The minimum Gasteiger partial charge on any atom is -0.481 e. The molecule has 152 valence electrons. The summed E-state index contributed by atoms with van der Waals surface area (Å²) in [6.45, 7) is 0.669. The van der Waals surface area contributed by atoms with Crippen molar-refractivity contribution in [2.45, 2.75) is 44.2 Å². The monoisotopic (exact) mass is 383 g/mol. The fraction of sp³-hybridized carbons (Fsp3) is 0.500. The fourth-order valence-corrected chi connectivity index (χ4v) is 2.08. The van der Waals surface area contributed by atoms with E-state index in [0.717, 1.165) is 5.56 Å². The highest BCUT2D eigenvalue weighted by atomic mass is 16.4. The van der Waals surface area contributed by atoms with Crippen LogP contribution in [0, 0.1) is 0 Å². The molecule has 9 heteroatoms. The second kappa shape index (κ2) is 14.7. The van der Waals surface area contributed by atoms with Gasteiger partial charge < -0.3 is 32.1 Å². The molecule has 0 aromatic heterocycles. The van der Waals surface area contributed by atoms with E-state index in [0.29, 0.717) is 32.2 Å². The summed E-state index contributed by atoms with van der Waals surface area (Å²) in [7, 11) is 0. The van der Waals surface area contributed by atoms with Gasteiger partial charge in [-0.15, -0.1) is 0 Å². The van der Waals surface area contributed by atoms with Crippen LogP contribution >= 0.6 is 0 Å². The van der Waals surface area contributed by atoms with Gasteiger partial charge in [0.05, 0.1) is 6.42 Å². The van der Waals surface area contributed by atoms with Crippen molar-refractivity contribution in [2.24, 2.45) is 11.5 Å². The molecule has 0 aliphatic heterocycles. The normalized spacial score (nSPS) is 12.4. The Kier molecular flexibility index (Phi) is 13.3. The molecule has 0 amide bonds. The number of carbonyl (C=O) groups is 3. The third kappa shape index (κ3) is 13.4. The summed E-state index contributed by atoms with van der Waals surface area (Å²) in [5, 5.41) is 28.5. The van der Waals surface area contributed by atoms with Gasteiger partial charge in [0.1, 0.15) is 12.1 Å². The van der Waals surface area contributed by atoms with Gasteiger partial charge in [0, 0.05) is 6.54 Å². The molecule has 0 aliphatic rings. The highest BCUT2D eigenvalue weighted by Gasteiger charge is 2.16. The second-order valence-corrected chi connectivity index (χ2v) is 5.89. The number of carboxylic acids is 3. The summed E-state index contributed by atoms with van der Waals surface area (Å²) in [4.78, 5) is 31.4. The van der Waals surface area contributed by atoms with Crippen LogP contribution in [-0.2, 0) is 20.8 Å². The van der Waals surface area contributed by atoms with Crippen LogP contribution in [0.3, 0.4) is 0 Å². The van der Waals surface area contributed by atoms with E-state index < -0.39 is 30.0 Å². The summed E-state index contributed by atoms with van der Waals surface area (Å²) in [6, 6.07) is 8.15. The lowest BCUT2D eigenvalue weighted by atomic mass is 10.1. The maximum atomic E-state index is 11.0. The SMILES string of the molecule is NCCC[C@H](N)C(=O)O.O=C(O)CCN[C@H](CCc1ccccc1)C(=O)O. The summed E-state index contributed by atoms with van der Waals surface area (Å²) < 4.78 is 0. The van der Waals surface area contributed by atoms with Gasteiger partial charge >= 0.3 is 17.9 Å². The number of benzene rings is 1. The number of rotatable bonds is 12. The predicted octanol–water partition coefficient (Wildman–Crippen LogP) is 0.274. The first-order valence-corrected chi connectivity index (χ1v) is 8.68. The van der Waals surface area contributed by atoms with Crippen LogP contribution in [0.2, 0.25) is 0 Å². The molecule has 1 aromatic rings. The summed E-state index contributed by atoms with van der Waals surface area (Å²) in [5.41, 5.74) is 11.3. The fourth-order valence-electron chi connectivity index (χ4n) is 2.08. The number of nitrogens with two attached hydrogens (primary N) is 2. The highest BCUT2D eigenvalue weighted by molar-refractivity contribution is 5.73. The van der Waals surface area contributed by atoms with Crippen molar-refractivity contribution < 1.29 is 29.7 Å². The Labute approximate surface area is 158 Å². The Morgan fingerprint density at radius 2 is 1.63 bits per heavy atom. The first-order chi connectivity index (χ1) is 12.8. The van der Waals surface area contributed by atoms with E-state index in [4.69, 9.17) is 26.8 Å². The van der Waals surface area contributed by atoms with Gasteiger partial charge in [0.15, 0.2) is 0 Å². The lowest BCUT2D eigenvalue weighted by Gasteiger charge is -2.13. The molecule has 0 unspecified atom stereocenters. The average molecular weight is 383 g/mol. The van der Waals surface area contributed by atoms with Crippen LogP contribution in [0.25, 0.3) is 0 Å². The Balaban J connectivity index is 0.000000636. The maximum Gasteiger partial charge on any atom is 0.320 e. The Morgan fingerprint density at radius 3 is 2.11 bits per heavy atom. The zero-order valence-corrected chi connectivity index (χ0v) is 15.2. The molecule has 0 saturated carbocycles. The van der Waals surface area contributed by atoms with Crippen molar-refractivity contribution >= 4 is 17.9 Å². The number of aryl methyl sites for hydroxylation is 1. The minimum atomic E-state index is -0.955. The molecule has 8 N–H and O–H groups in total. The van der Waals surface area contributed by atoms with Gasteiger partial charge in [0.2, 0.25) is 0 Å². The lowest BCUT2D eigenvalue weighted by molar-refractivity contribution is -0.141.